The summed E-state index contributed by atoms with van der Waals surface area (Å²) in [6.45, 7) is 7.48. The highest BCUT2D eigenvalue weighted by Gasteiger charge is 2.19. The van der Waals surface area contributed by atoms with Gasteiger partial charge >= 0.3 is 0 Å². The van der Waals surface area contributed by atoms with Gasteiger partial charge in [-0.2, -0.15) is 0 Å². The highest BCUT2D eigenvalue weighted by Crippen LogP contribution is 2.31. The summed E-state index contributed by atoms with van der Waals surface area (Å²) in [6, 6.07) is 11.1. The van der Waals surface area contributed by atoms with E-state index in [9.17, 15) is 4.79 Å². The lowest BCUT2D eigenvalue weighted by atomic mass is 10.1. The highest BCUT2D eigenvalue weighted by molar-refractivity contribution is 7.16. The summed E-state index contributed by atoms with van der Waals surface area (Å²) in [5, 5.41) is 4.75. The number of amides is 1. The molecule has 7 heteroatoms. The molecule has 0 spiro atoms. The van der Waals surface area contributed by atoms with E-state index in [2.05, 4.69) is 10.3 Å². The third-order valence-corrected chi connectivity index (χ3v) is 5.97. The Labute approximate surface area is 178 Å². The van der Waals surface area contributed by atoms with Crippen molar-refractivity contribution in [3.63, 3.8) is 0 Å². The van der Waals surface area contributed by atoms with Gasteiger partial charge in [-0.15, -0.1) is 11.3 Å². The largest absolute Gasteiger partial charge is 0.481 e. The van der Waals surface area contributed by atoms with Crippen molar-refractivity contribution in [1.29, 1.82) is 0 Å². The molecule has 0 aliphatic heterocycles. The van der Waals surface area contributed by atoms with E-state index in [4.69, 9.17) is 27.9 Å². The number of aromatic nitrogens is 1. The monoisotopic (exact) mass is 434 g/mol. The number of carbonyl (C=O) groups excluding carboxylic acids is 1. The molecule has 4 nitrogen and oxygen atoms in total. The fourth-order valence-electron chi connectivity index (χ4n) is 2.76. The van der Waals surface area contributed by atoms with Gasteiger partial charge in [0.15, 0.2) is 11.2 Å². The smallest absolute Gasteiger partial charge is 0.266 e. The minimum atomic E-state index is -0.678. The van der Waals surface area contributed by atoms with E-state index in [1.54, 1.807) is 6.92 Å². The van der Waals surface area contributed by atoms with Gasteiger partial charge in [0.1, 0.15) is 5.75 Å². The first kappa shape index (κ1) is 20.6. The fraction of sp³-hybridized carbons (Fsp3) is 0.238. The highest BCUT2D eigenvalue weighted by atomic mass is 35.5. The number of nitrogens with zero attached hydrogens (tertiary/aromatic N) is 1. The Kier molecular flexibility index (Phi) is 6.28. The van der Waals surface area contributed by atoms with Crippen LogP contribution in [0.3, 0.4) is 0 Å². The van der Waals surface area contributed by atoms with Gasteiger partial charge in [0.05, 0.1) is 5.69 Å². The number of hydrogen-bond acceptors (Lipinski definition) is 4. The number of nitrogens with one attached hydrogen (secondary N) is 1. The average molecular weight is 435 g/mol. The van der Waals surface area contributed by atoms with Crippen LogP contribution in [0.2, 0.25) is 10.0 Å². The third kappa shape index (κ3) is 4.66. The number of anilines is 1. The summed E-state index contributed by atoms with van der Waals surface area (Å²) in [5.74, 6) is 0.348. The maximum Gasteiger partial charge on any atom is 0.266 e. The molecule has 0 aliphatic rings. The minimum Gasteiger partial charge on any atom is -0.481 e. The molecule has 1 amide bonds. The predicted octanol–water partition coefficient (Wildman–Crippen LogP) is 6.45. The maximum absolute atomic E-state index is 12.5. The second-order valence-electron chi connectivity index (χ2n) is 6.55. The van der Waals surface area contributed by atoms with Gasteiger partial charge in [0.25, 0.3) is 5.91 Å². The van der Waals surface area contributed by atoms with Crippen LogP contribution >= 0.6 is 34.5 Å². The lowest BCUT2D eigenvalue weighted by Crippen LogP contribution is -2.30. The number of rotatable bonds is 5. The maximum atomic E-state index is 12.5. The number of benzene rings is 2. The molecule has 1 heterocycles. The van der Waals surface area contributed by atoms with Crippen molar-refractivity contribution in [3.05, 3.63) is 62.4 Å². The summed E-state index contributed by atoms with van der Waals surface area (Å²) >= 11 is 13.6. The molecule has 1 aromatic heterocycles. The van der Waals surface area contributed by atoms with E-state index in [-0.39, 0.29) is 5.91 Å². The summed E-state index contributed by atoms with van der Waals surface area (Å²) in [5.41, 5.74) is 3.60. The van der Waals surface area contributed by atoms with Crippen molar-refractivity contribution in [3.8, 4) is 17.0 Å². The lowest BCUT2D eigenvalue weighted by molar-refractivity contribution is -0.122. The van der Waals surface area contributed by atoms with E-state index < -0.39 is 6.10 Å². The molecular weight excluding hydrogens is 415 g/mol. The molecule has 2 aromatic carbocycles. The molecule has 3 rings (SSSR count). The normalized spacial score (nSPS) is 11.9. The van der Waals surface area contributed by atoms with Crippen LogP contribution < -0.4 is 10.1 Å². The van der Waals surface area contributed by atoms with Crippen molar-refractivity contribution in [2.24, 2.45) is 0 Å². The molecule has 0 saturated carbocycles. The molecule has 0 radical (unpaired) electrons. The van der Waals surface area contributed by atoms with Crippen molar-refractivity contribution < 1.29 is 9.53 Å². The zero-order valence-electron chi connectivity index (χ0n) is 16.0. The average Bonchev–Trinajstić information content (AvgIpc) is 3.00. The second kappa shape index (κ2) is 8.52. The van der Waals surface area contributed by atoms with Crippen LogP contribution in [0.5, 0.6) is 5.75 Å². The van der Waals surface area contributed by atoms with Crippen molar-refractivity contribution >= 4 is 45.6 Å². The molecule has 1 unspecified atom stereocenters. The van der Waals surface area contributed by atoms with Gasteiger partial charge < -0.3 is 4.74 Å². The zero-order chi connectivity index (χ0) is 20.4. The van der Waals surface area contributed by atoms with Crippen LogP contribution in [0.4, 0.5) is 5.13 Å². The van der Waals surface area contributed by atoms with Gasteiger partial charge in [-0.25, -0.2) is 4.98 Å². The number of aryl methyl sites for hydroxylation is 3. The minimum absolute atomic E-state index is 0.262. The number of ether oxygens (including phenoxy) is 1. The molecule has 146 valence electrons. The first-order chi connectivity index (χ1) is 13.2. The third-order valence-electron chi connectivity index (χ3n) is 4.24. The Morgan fingerprint density at radius 3 is 2.32 bits per heavy atom. The number of hydrogen-bond donors (Lipinski definition) is 1. The predicted molar refractivity (Wildman–Crippen MR) is 117 cm³/mol. The van der Waals surface area contributed by atoms with E-state index in [1.807, 2.05) is 57.2 Å². The summed E-state index contributed by atoms with van der Waals surface area (Å²) < 4.78 is 5.79. The molecule has 0 fully saturated rings. The van der Waals surface area contributed by atoms with Crippen molar-refractivity contribution in [2.75, 3.05) is 5.32 Å². The Bertz CT molecular complexity index is 993. The Balaban J connectivity index is 1.71. The number of carbonyl (C=O) groups is 1. The number of halogens is 2. The van der Waals surface area contributed by atoms with Crippen LogP contribution in [-0.2, 0) is 4.79 Å². The van der Waals surface area contributed by atoms with Gasteiger partial charge in [0.2, 0.25) is 0 Å². The van der Waals surface area contributed by atoms with Gasteiger partial charge in [-0.3, -0.25) is 10.1 Å². The van der Waals surface area contributed by atoms with E-state index in [0.29, 0.717) is 20.9 Å². The lowest BCUT2D eigenvalue weighted by Gasteiger charge is -2.15. The molecule has 28 heavy (non-hydrogen) atoms. The van der Waals surface area contributed by atoms with Crippen LogP contribution in [0, 0.1) is 20.8 Å². The zero-order valence-corrected chi connectivity index (χ0v) is 18.3. The first-order valence-electron chi connectivity index (χ1n) is 8.72. The van der Waals surface area contributed by atoms with Gasteiger partial charge in [-0.1, -0.05) is 35.3 Å². The topological polar surface area (TPSA) is 51.2 Å². The Hall–Kier alpha value is -2.08. The van der Waals surface area contributed by atoms with Crippen molar-refractivity contribution in [1.82, 2.24) is 4.98 Å². The summed E-state index contributed by atoms with van der Waals surface area (Å²) in [7, 11) is 0. The van der Waals surface area contributed by atoms with Crippen LogP contribution in [0.15, 0.2) is 36.4 Å². The number of thiazole rings is 1. The fourth-order valence-corrected chi connectivity index (χ4v) is 3.84. The molecule has 1 N–H and O–H groups in total. The SMILES string of the molecule is Cc1cc(OC(C)C(=O)Nc2nc(-c3ccc(Cl)cc3)c(C)s2)cc(C)c1Cl. The van der Waals surface area contributed by atoms with E-state index in [1.165, 1.54) is 11.3 Å². The Morgan fingerprint density at radius 1 is 1.11 bits per heavy atom. The second-order valence-corrected chi connectivity index (χ2v) is 8.57. The van der Waals surface area contributed by atoms with Gasteiger partial charge in [0, 0.05) is 20.5 Å². The first-order valence-corrected chi connectivity index (χ1v) is 10.3. The molecule has 3 aromatic rings. The molecule has 1 atom stereocenters. The summed E-state index contributed by atoms with van der Waals surface area (Å²) in [6.07, 6.45) is -0.678. The quantitative estimate of drug-likeness (QED) is 0.501. The summed E-state index contributed by atoms with van der Waals surface area (Å²) in [4.78, 5) is 18.1. The van der Waals surface area contributed by atoms with E-state index in [0.717, 1.165) is 27.3 Å². The van der Waals surface area contributed by atoms with Crippen LogP contribution in [-0.4, -0.2) is 17.0 Å². The van der Waals surface area contributed by atoms with Crippen LogP contribution in [0.1, 0.15) is 22.9 Å². The standard InChI is InChI=1S/C21H20Cl2N2O2S/c1-11-9-17(10-12(2)18(11)23)27-13(3)20(26)25-21-24-19(14(4)28-21)15-5-7-16(22)8-6-15/h5-10,13H,1-4H3,(H,24,25,26). The molecule has 0 saturated heterocycles. The molecular formula is C21H20Cl2N2O2S. The Morgan fingerprint density at radius 2 is 1.71 bits per heavy atom. The molecule has 0 bridgehead atoms. The van der Waals surface area contributed by atoms with Gasteiger partial charge in [-0.05, 0) is 63.1 Å². The van der Waals surface area contributed by atoms with E-state index >= 15 is 0 Å². The van der Waals surface area contributed by atoms with Crippen molar-refractivity contribution in [2.45, 2.75) is 33.8 Å². The van der Waals surface area contributed by atoms with Crippen LogP contribution in [0.25, 0.3) is 11.3 Å². The molecule has 0 aliphatic carbocycles.